The highest BCUT2D eigenvalue weighted by atomic mass is 32.2. The summed E-state index contributed by atoms with van der Waals surface area (Å²) < 4.78 is 37.0. The van der Waals surface area contributed by atoms with Crippen LogP contribution in [0, 0.1) is 0 Å². The summed E-state index contributed by atoms with van der Waals surface area (Å²) in [5.41, 5.74) is 0. The minimum absolute atomic E-state index is 0.0912. The van der Waals surface area contributed by atoms with Gasteiger partial charge in [-0.25, -0.2) is 8.42 Å². The van der Waals surface area contributed by atoms with Crippen LogP contribution in [0.2, 0.25) is 0 Å². The number of amides is 1. The topological polar surface area (TPSA) is 84.9 Å². The lowest BCUT2D eigenvalue weighted by atomic mass is 10.2. The first kappa shape index (κ1) is 19.7. The van der Waals surface area contributed by atoms with E-state index in [0.717, 1.165) is 19.4 Å². The highest BCUT2D eigenvalue weighted by molar-refractivity contribution is 7.89. The van der Waals surface area contributed by atoms with Crippen molar-refractivity contribution in [3.8, 4) is 5.75 Å². The van der Waals surface area contributed by atoms with Gasteiger partial charge in [0.15, 0.2) is 6.61 Å². The maximum Gasteiger partial charge on any atom is 0.258 e. The maximum absolute atomic E-state index is 12.4. The van der Waals surface area contributed by atoms with E-state index in [2.05, 4.69) is 5.32 Å². The van der Waals surface area contributed by atoms with Crippen LogP contribution in [-0.4, -0.2) is 57.6 Å². The Balaban J connectivity index is 1.84. The molecule has 1 aromatic rings. The molecule has 0 saturated carbocycles. The Morgan fingerprint density at radius 1 is 1.28 bits per heavy atom. The average molecular weight is 370 g/mol. The summed E-state index contributed by atoms with van der Waals surface area (Å²) in [7, 11) is -3.48. The van der Waals surface area contributed by atoms with Crippen LogP contribution >= 0.6 is 0 Å². The van der Waals surface area contributed by atoms with Gasteiger partial charge in [-0.1, -0.05) is 13.8 Å². The molecule has 8 heteroatoms. The monoisotopic (exact) mass is 370 g/mol. The second-order valence-electron chi connectivity index (χ2n) is 5.79. The molecule has 1 heterocycles. The van der Waals surface area contributed by atoms with Crippen LogP contribution in [0.25, 0.3) is 0 Å². The zero-order valence-corrected chi connectivity index (χ0v) is 15.5. The molecule has 1 fully saturated rings. The largest absolute Gasteiger partial charge is 0.484 e. The smallest absolute Gasteiger partial charge is 0.258 e. The summed E-state index contributed by atoms with van der Waals surface area (Å²) >= 11 is 0. The quantitative estimate of drug-likeness (QED) is 0.710. The molecule has 2 rings (SSSR count). The van der Waals surface area contributed by atoms with E-state index in [0.29, 0.717) is 25.4 Å². The number of sulfonamides is 1. The molecule has 1 saturated heterocycles. The van der Waals surface area contributed by atoms with Crippen LogP contribution in [0.1, 0.15) is 26.7 Å². The van der Waals surface area contributed by atoms with Crippen molar-refractivity contribution in [1.29, 1.82) is 0 Å². The number of hydrogen-bond donors (Lipinski definition) is 1. The molecule has 1 amide bonds. The standard InChI is InChI=1S/C17H26N2O5S/c1-3-19(4-2)25(21,22)16-9-7-14(8-10-16)24-13-17(20)18-12-15-6-5-11-23-15/h7-10,15H,3-6,11-13H2,1-2H3,(H,18,20)/t15-/m1/s1. The summed E-state index contributed by atoms with van der Waals surface area (Å²) in [5.74, 6) is 0.223. The molecule has 0 bridgehead atoms. The van der Waals surface area contributed by atoms with Crippen molar-refractivity contribution in [3.63, 3.8) is 0 Å². The lowest BCUT2D eigenvalue weighted by Gasteiger charge is -2.18. The molecular weight excluding hydrogens is 344 g/mol. The lowest BCUT2D eigenvalue weighted by molar-refractivity contribution is -0.123. The van der Waals surface area contributed by atoms with Crippen LogP contribution in [0.4, 0.5) is 0 Å². The number of rotatable bonds is 9. The molecule has 7 nitrogen and oxygen atoms in total. The Morgan fingerprint density at radius 3 is 2.52 bits per heavy atom. The van der Waals surface area contributed by atoms with Crippen molar-refractivity contribution in [2.75, 3.05) is 32.8 Å². The number of ether oxygens (including phenoxy) is 2. The van der Waals surface area contributed by atoms with Crippen molar-refractivity contribution in [2.45, 2.75) is 37.7 Å². The van der Waals surface area contributed by atoms with E-state index in [-0.39, 0.29) is 23.5 Å². The highest BCUT2D eigenvalue weighted by Gasteiger charge is 2.21. The first-order chi connectivity index (χ1) is 12.0. The maximum atomic E-state index is 12.4. The number of nitrogens with one attached hydrogen (secondary N) is 1. The van der Waals surface area contributed by atoms with Crippen molar-refractivity contribution >= 4 is 15.9 Å². The minimum Gasteiger partial charge on any atom is -0.484 e. The SMILES string of the molecule is CCN(CC)S(=O)(=O)c1ccc(OCC(=O)NC[C@H]2CCCO2)cc1. The average Bonchev–Trinajstić information content (AvgIpc) is 3.13. The zero-order valence-electron chi connectivity index (χ0n) is 14.7. The Kier molecular flexibility index (Phi) is 7.22. The molecule has 0 aromatic heterocycles. The second-order valence-corrected chi connectivity index (χ2v) is 7.73. The predicted molar refractivity (Wildman–Crippen MR) is 94.0 cm³/mol. The van der Waals surface area contributed by atoms with Gasteiger partial charge in [-0.2, -0.15) is 4.31 Å². The van der Waals surface area contributed by atoms with Crippen LogP contribution in [-0.2, 0) is 19.6 Å². The Bertz CT molecular complexity index is 650. The van der Waals surface area contributed by atoms with E-state index >= 15 is 0 Å². The van der Waals surface area contributed by atoms with Crippen molar-refractivity contribution < 1.29 is 22.7 Å². The van der Waals surface area contributed by atoms with E-state index in [1.807, 2.05) is 0 Å². The molecule has 0 unspecified atom stereocenters. The molecule has 1 atom stereocenters. The molecule has 0 radical (unpaired) electrons. The third-order valence-electron chi connectivity index (χ3n) is 4.09. The lowest BCUT2D eigenvalue weighted by Crippen LogP contribution is -2.35. The summed E-state index contributed by atoms with van der Waals surface area (Å²) in [6, 6.07) is 6.11. The normalized spacial score (nSPS) is 17.6. The predicted octanol–water partition coefficient (Wildman–Crippen LogP) is 1.39. The third-order valence-corrected chi connectivity index (χ3v) is 6.15. The van der Waals surface area contributed by atoms with Gasteiger partial charge in [-0.05, 0) is 37.1 Å². The van der Waals surface area contributed by atoms with Gasteiger partial charge in [-0.3, -0.25) is 4.79 Å². The number of hydrogen-bond acceptors (Lipinski definition) is 5. The molecule has 0 aliphatic carbocycles. The van der Waals surface area contributed by atoms with Crippen LogP contribution < -0.4 is 10.1 Å². The zero-order chi connectivity index (χ0) is 18.3. The van der Waals surface area contributed by atoms with Gasteiger partial charge in [-0.15, -0.1) is 0 Å². The second kappa shape index (κ2) is 9.17. The summed E-state index contributed by atoms with van der Waals surface area (Å²) in [6.45, 7) is 5.56. The highest BCUT2D eigenvalue weighted by Crippen LogP contribution is 2.19. The fraction of sp³-hybridized carbons (Fsp3) is 0.588. The Hall–Kier alpha value is -1.64. The van der Waals surface area contributed by atoms with E-state index in [1.165, 1.54) is 16.4 Å². The number of nitrogens with zero attached hydrogens (tertiary/aromatic N) is 1. The number of carbonyl (C=O) groups is 1. The first-order valence-electron chi connectivity index (χ1n) is 8.58. The van der Waals surface area contributed by atoms with Gasteiger partial charge >= 0.3 is 0 Å². The fourth-order valence-electron chi connectivity index (χ4n) is 2.65. The molecule has 0 spiro atoms. The molecule has 1 aliphatic rings. The molecule has 1 N–H and O–H groups in total. The van der Waals surface area contributed by atoms with E-state index < -0.39 is 10.0 Å². The summed E-state index contributed by atoms with van der Waals surface area (Å²) in [4.78, 5) is 12.0. The van der Waals surface area contributed by atoms with Gasteiger partial charge in [0.1, 0.15) is 5.75 Å². The molecule has 140 valence electrons. The third kappa shape index (κ3) is 5.42. The Morgan fingerprint density at radius 2 is 1.96 bits per heavy atom. The summed E-state index contributed by atoms with van der Waals surface area (Å²) in [5, 5.41) is 2.77. The van der Waals surface area contributed by atoms with Crippen molar-refractivity contribution in [1.82, 2.24) is 9.62 Å². The van der Waals surface area contributed by atoms with Gasteiger partial charge in [0.05, 0.1) is 11.0 Å². The van der Waals surface area contributed by atoms with E-state index in [1.54, 1.807) is 26.0 Å². The van der Waals surface area contributed by atoms with Gasteiger partial charge in [0.25, 0.3) is 5.91 Å². The number of benzene rings is 1. The van der Waals surface area contributed by atoms with Gasteiger partial charge in [0.2, 0.25) is 10.0 Å². The number of carbonyl (C=O) groups excluding carboxylic acids is 1. The molecular formula is C17H26N2O5S. The summed E-state index contributed by atoms with van der Waals surface area (Å²) in [6.07, 6.45) is 2.08. The molecule has 1 aliphatic heterocycles. The molecule has 25 heavy (non-hydrogen) atoms. The van der Waals surface area contributed by atoms with Crippen LogP contribution in [0.5, 0.6) is 5.75 Å². The first-order valence-corrected chi connectivity index (χ1v) is 10.0. The van der Waals surface area contributed by atoms with Crippen molar-refractivity contribution in [3.05, 3.63) is 24.3 Å². The van der Waals surface area contributed by atoms with E-state index in [4.69, 9.17) is 9.47 Å². The Labute approximate surface area is 149 Å². The van der Waals surface area contributed by atoms with Crippen LogP contribution in [0.3, 0.4) is 0 Å². The van der Waals surface area contributed by atoms with Gasteiger partial charge in [0, 0.05) is 26.2 Å². The fourth-order valence-corrected chi connectivity index (χ4v) is 4.11. The van der Waals surface area contributed by atoms with Gasteiger partial charge < -0.3 is 14.8 Å². The minimum atomic E-state index is -3.48. The van der Waals surface area contributed by atoms with Crippen LogP contribution in [0.15, 0.2) is 29.2 Å². The molecule has 1 aromatic carbocycles. The van der Waals surface area contributed by atoms with E-state index in [9.17, 15) is 13.2 Å². The van der Waals surface area contributed by atoms with Crippen molar-refractivity contribution in [2.24, 2.45) is 0 Å².